The Kier molecular flexibility index (Phi) is 5.43. The van der Waals surface area contributed by atoms with Gasteiger partial charge in [0, 0.05) is 31.9 Å². The van der Waals surface area contributed by atoms with Crippen molar-refractivity contribution in [3.63, 3.8) is 0 Å². The Morgan fingerprint density at radius 1 is 1.53 bits per heavy atom. The van der Waals surface area contributed by atoms with E-state index in [1.807, 2.05) is 6.20 Å². The van der Waals surface area contributed by atoms with Crippen molar-refractivity contribution in [2.75, 3.05) is 13.1 Å². The fourth-order valence-corrected chi connectivity index (χ4v) is 2.60. The Morgan fingerprint density at radius 3 is 2.88 bits per heavy atom. The van der Waals surface area contributed by atoms with Crippen molar-refractivity contribution < 1.29 is 0 Å². The first-order chi connectivity index (χ1) is 7.74. The molecule has 1 aromatic rings. The summed E-state index contributed by atoms with van der Waals surface area (Å²) < 4.78 is 2.07. The van der Waals surface area contributed by atoms with Gasteiger partial charge >= 0.3 is 0 Å². The van der Waals surface area contributed by atoms with Crippen LogP contribution in [0.15, 0.2) is 12.3 Å². The van der Waals surface area contributed by atoms with Crippen LogP contribution in [-0.2, 0) is 13.1 Å². The largest absolute Gasteiger partial charge is 0.330 e. The molecule has 2 N–H and O–H groups in total. The summed E-state index contributed by atoms with van der Waals surface area (Å²) >= 11 is 0. The number of likely N-dealkylation sites (tertiary alicyclic amines) is 1. The molecule has 98 valence electrons. The molecule has 1 aliphatic heterocycles. The monoisotopic (exact) mass is 258 g/mol. The SMILES string of the molecule is CCn1nccc1CN1CC(CN)CC1C.Cl. The zero-order chi connectivity index (χ0) is 11.5. The molecular weight excluding hydrogens is 236 g/mol. The molecule has 0 bridgehead atoms. The Bertz CT molecular complexity index is 339. The number of halogens is 1. The van der Waals surface area contributed by atoms with Crippen LogP contribution in [-0.4, -0.2) is 33.8 Å². The van der Waals surface area contributed by atoms with E-state index in [9.17, 15) is 0 Å². The molecule has 1 aromatic heterocycles. The molecule has 5 heteroatoms. The highest BCUT2D eigenvalue weighted by Crippen LogP contribution is 2.23. The maximum absolute atomic E-state index is 5.74. The normalized spacial score (nSPS) is 24.9. The van der Waals surface area contributed by atoms with Gasteiger partial charge in [0.2, 0.25) is 0 Å². The third-order valence-corrected chi connectivity index (χ3v) is 3.59. The van der Waals surface area contributed by atoms with Crippen LogP contribution in [0.1, 0.15) is 26.0 Å². The van der Waals surface area contributed by atoms with Crippen molar-refractivity contribution in [3.05, 3.63) is 18.0 Å². The summed E-state index contributed by atoms with van der Waals surface area (Å²) in [5, 5.41) is 4.31. The number of aromatic nitrogens is 2. The average molecular weight is 259 g/mol. The van der Waals surface area contributed by atoms with Crippen LogP contribution in [0.2, 0.25) is 0 Å². The maximum atomic E-state index is 5.74. The van der Waals surface area contributed by atoms with Gasteiger partial charge in [0.25, 0.3) is 0 Å². The highest BCUT2D eigenvalue weighted by atomic mass is 35.5. The molecule has 4 nitrogen and oxygen atoms in total. The standard InChI is InChI=1S/C12H22N4.ClH/c1-3-16-12(4-5-14-16)9-15-8-11(7-13)6-10(15)2;/h4-5,10-11H,3,6-9,13H2,1-2H3;1H. The van der Waals surface area contributed by atoms with E-state index in [2.05, 4.69) is 34.6 Å². The maximum Gasteiger partial charge on any atom is 0.0524 e. The molecule has 1 fully saturated rings. The van der Waals surface area contributed by atoms with Crippen molar-refractivity contribution in [3.8, 4) is 0 Å². The molecule has 2 rings (SSSR count). The minimum atomic E-state index is 0. The molecule has 1 aliphatic rings. The predicted octanol–water partition coefficient (Wildman–Crippen LogP) is 1.49. The summed E-state index contributed by atoms with van der Waals surface area (Å²) in [6.07, 6.45) is 3.12. The molecule has 0 amide bonds. The minimum absolute atomic E-state index is 0. The van der Waals surface area contributed by atoms with E-state index in [1.165, 1.54) is 12.1 Å². The molecule has 2 heterocycles. The Hall–Kier alpha value is -0.580. The summed E-state index contributed by atoms with van der Waals surface area (Å²) in [5.74, 6) is 0.674. The molecule has 2 unspecified atom stereocenters. The van der Waals surface area contributed by atoms with Crippen molar-refractivity contribution in [1.29, 1.82) is 0 Å². The molecule has 0 spiro atoms. The van der Waals surface area contributed by atoms with Crippen LogP contribution in [0.4, 0.5) is 0 Å². The number of aryl methyl sites for hydroxylation is 1. The molecule has 0 radical (unpaired) electrons. The molecular formula is C12H23ClN4. The topological polar surface area (TPSA) is 47.1 Å². The first kappa shape index (κ1) is 14.5. The van der Waals surface area contributed by atoms with Gasteiger partial charge in [-0.05, 0) is 38.8 Å². The molecule has 0 aromatic carbocycles. The van der Waals surface area contributed by atoms with Gasteiger partial charge in [-0.2, -0.15) is 5.10 Å². The van der Waals surface area contributed by atoms with Gasteiger partial charge in [-0.3, -0.25) is 9.58 Å². The smallest absolute Gasteiger partial charge is 0.0524 e. The Balaban J connectivity index is 0.00000144. The van der Waals surface area contributed by atoms with Crippen molar-refractivity contribution in [1.82, 2.24) is 14.7 Å². The first-order valence-corrected chi connectivity index (χ1v) is 6.19. The lowest BCUT2D eigenvalue weighted by Gasteiger charge is -2.21. The second-order valence-electron chi connectivity index (χ2n) is 4.75. The molecule has 17 heavy (non-hydrogen) atoms. The summed E-state index contributed by atoms with van der Waals surface area (Å²) in [4.78, 5) is 2.51. The van der Waals surface area contributed by atoms with Gasteiger partial charge in [-0.1, -0.05) is 0 Å². The summed E-state index contributed by atoms with van der Waals surface area (Å²) in [6.45, 7) is 8.33. The quantitative estimate of drug-likeness (QED) is 0.890. The number of hydrogen-bond donors (Lipinski definition) is 1. The lowest BCUT2D eigenvalue weighted by Crippen LogP contribution is -2.28. The second kappa shape index (κ2) is 6.38. The highest BCUT2D eigenvalue weighted by molar-refractivity contribution is 5.85. The number of rotatable bonds is 4. The fourth-order valence-electron chi connectivity index (χ4n) is 2.60. The van der Waals surface area contributed by atoms with E-state index in [4.69, 9.17) is 5.73 Å². The summed E-state index contributed by atoms with van der Waals surface area (Å²) in [6, 6.07) is 2.76. The van der Waals surface area contributed by atoms with E-state index < -0.39 is 0 Å². The van der Waals surface area contributed by atoms with E-state index in [0.29, 0.717) is 12.0 Å². The lowest BCUT2D eigenvalue weighted by atomic mass is 10.1. The van der Waals surface area contributed by atoms with Gasteiger partial charge in [-0.15, -0.1) is 12.4 Å². The third-order valence-electron chi connectivity index (χ3n) is 3.59. The van der Waals surface area contributed by atoms with Gasteiger partial charge in [0.15, 0.2) is 0 Å². The van der Waals surface area contributed by atoms with Crippen molar-refractivity contribution in [2.45, 2.75) is 39.4 Å². The van der Waals surface area contributed by atoms with Crippen LogP contribution < -0.4 is 5.73 Å². The Labute approximate surface area is 110 Å². The molecule has 1 saturated heterocycles. The van der Waals surface area contributed by atoms with Crippen molar-refractivity contribution in [2.24, 2.45) is 11.7 Å². The van der Waals surface area contributed by atoms with Gasteiger partial charge in [0.1, 0.15) is 0 Å². The van der Waals surface area contributed by atoms with E-state index in [1.54, 1.807) is 0 Å². The first-order valence-electron chi connectivity index (χ1n) is 6.19. The van der Waals surface area contributed by atoms with Crippen LogP contribution in [0.5, 0.6) is 0 Å². The second-order valence-corrected chi connectivity index (χ2v) is 4.75. The number of hydrogen-bond acceptors (Lipinski definition) is 3. The summed E-state index contributed by atoms with van der Waals surface area (Å²) in [7, 11) is 0. The van der Waals surface area contributed by atoms with Crippen LogP contribution in [0.3, 0.4) is 0 Å². The van der Waals surface area contributed by atoms with Crippen LogP contribution >= 0.6 is 12.4 Å². The highest BCUT2D eigenvalue weighted by Gasteiger charge is 2.28. The van der Waals surface area contributed by atoms with E-state index in [-0.39, 0.29) is 12.4 Å². The molecule has 0 aliphatic carbocycles. The zero-order valence-corrected chi connectivity index (χ0v) is 11.5. The van der Waals surface area contributed by atoms with E-state index in [0.717, 1.165) is 26.2 Å². The fraction of sp³-hybridized carbons (Fsp3) is 0.750. The molecule has 2 atom stereocenters. The minimum Gasteiger partial charge on any atom is -0.330 e. The predicted molar refractivity (Wildman–Crippen MR) is 72.2 cm³/mol. The van der Waals surface area contributed by atoms with Gasteiger partial charge < -0.3 is 5.73 Å². The number of nitrogens with two attached hydrogens (primary N) is 1. The third kappa shape index (κ3) is 3.21. The van der Waals surface area contributed by atoms with Crippen LogP contribution in [0.25, 0.3) is 0 Å². The van der Waals surface area contributed by atoms with Gasteiger partial charge in [-0.25, -0.2) is 0 Å². The lowest BCUT2D eigenvalue weighted by molar-refractivity contribution is 0.248. The van der Waals surface area contributed by atoms with Crippen LogP contribution in [0, 0.1) is 5.92 Å². The summed E-state index contributed by atoms with van der Waals surface area (Å²) in [5.41, 5.74) is 7.06. The Morgan fingerprint density at radius 2 is 2.29 bits per heavy atom. The van der Waals surface area contributed by atoms with E-state index >= 15 is 0 Å². The average Bonchev–Trinajstić information content (AvgIpc) is 2.86. The van der Waals surface area contributed by atoms with Crippen molar-refractivity contribution >= 4 is 12.4 Å². The van der Waals surface area contributed by atoms with Gasteiger partial charge in [0.05, 0.1) is 5.69 Å². The molecule has 0 saturated carbocycles. The number of nitrogens with zero attached hydrogens (tertiary/aromatic N) is 3. The zero-order valence-electron chi connectivity index (χ0n) is 10.7.